The molecule has 0 saturated heterocycles. The molecule has 0 aliphatic heterocycles. The fourth-order valence-electron chi connectivity index (χ4n) is 1.14. The fraction of sp³-hybridized carbons (Fsp3) is 0. The quantitative estimate of drug-likeness (QED) is 0.714. The van der Waals surface area contributed by atoms with E-state index in [1.165, 1.54) is 0 Å². The lowest BCUT2D eigenvalue weighted by Gasteiger charge is -1.99. The van der Waals surface area contributed by atoms with Crippen molar-refractivity contribution >= 4 is 33.2 Å². The second kappa shape index (κ2) is 3.22. The highest BCUT2D eigenvalue weighted by Crippen LogP contribution is 2.21. The zero-order valence-corrected chi connectivity index (χ0v) is 8.15. The molecule has 2 aromatic rings. The van der Waals surface area contributed by atoms with Crippen LogP contribution in [0.5, 0.6) is 0 Å². The number of benzene rings is 1. The molecule has 1 aromatic heterocycles. The first-order chi connectivity index (χ1) is 6.33. The van der Waals surface area contributed by atoms with Crippen molar-refractivity contribution in [1.82, 2.24) is 9.97 Å². The first-order valence-corrected chi connectivity index (χ1v) is 4.46. The van der Waals surface area contributed by atoms with Gasteiger partial charge >= 0.3 is 0 Å². The topological polar surface area (TPSA) is 42.9 Å². The van der Waals surface area contributed by atoms with Crippen molar-refractivity contribution in [2.24, 2.45) is 0 Å². The van der Waals surface area contributed by atoms with Crippen LogP contribution in [0.3, 0.4) is 0 Å². The van der Waals surface area contributed by atoms with E-state index in [0.717, 1.165) is 10.8 Å². The Bertz CT molecular complexity index is 470. The van der Waals surface area contributed by atoms with E-state index in [1.54, 1.807) is 24.5 Å². The number of aromatic nitrogens is 2. The summed E-state index contributed by atoms with van der Waals surface area (Å²) in [7, 11) is 0. The molecule has 13 heavy (non-hydrogen) atoms. The second-order valence-corrected chi connectivity index (χ2v) is 3.36. The number of carbonyl (C=O) groups excluding carboxylic acids is 1. The summed E-state index contributed by atoms with van der Waals surface area (Å²) in [5, 5.41) is 0. The molecule has 4 heteroatoms. The molecule has 64 valence electrons. The molecule has 0 saturated carbocycles. The third-order valence-electron chi connectivity index (χ3n) is 1.73. The van der Waals surface area contributed by atoms with Crippen LogP contribution in [-0.4, -0.2) is 16.3 Å². The Labute approximate surface area is 82.9 Å². The molecule has 3 nitrogen and oxygen atoms in total. The van der Waals surface area contributed by atoms with E-state index >= 15 is 0 Å². The Morgan fingerprint density at radius 2 is 1.85 bits per heavy atom. The molecule has 0 aliphatic rings. The normalized spacial score (nSPS) is 10.2. The highest BCUT2D eigenvalue weighted by Gasteiger charge is 2.04. The predicted molar refractivity (Wildman–Crippen MR) is 52.6 cm³/mol. The van der Waals surface area contributed by atoms with Crippen LogP contribution in [0.2, 0.25) is 0 Å². The Kier molecular flexibility index (Phi) is 2.06. The van der Waals surface area contributed by atoms with Crippen molar-refractivity contribution in [2.45, 2.75) is 0 Å². The number of rotatable bonds is 1. The van der Waals surface area contributed by atoms with Crippen LogP contribution in [0.15, 0.2) is 29.0 Å². The van der Waals surface area contributed by atoms with Crippen molar-refractivity contribution in [1.29, 1.82) is 0 Å². The van der Waals surface area contributed by atoms with Gasteiger partial charge in [0.2, 0.25) is 0 Å². The molecule has 1 heterocycles. The van der Waals surface area contributed by atoms with E-state index in [0.29, 0.717) is 16.6 Å². The van der Waals surface area contributed by atoms with Crippen LogP contribution in [0.1, 0.15) is 10.4 Å². The largest absolute Gasteiger partial charge is 0.298 e. The first-order valence-electron chi connectivity index (χ1n) is 3.67. The number of aldehydes is 1. The number of hydrogen-bond acceptors (Lipinski definition) is 3. The van der Waals surface area contributed by atoms with Crippen LogP contribution >= 0.6 is 15.9 Å². The summed E-state index contributed by atoms with van der Waals surface area (Å²) >= 11 is 3.34. The smallest absolute Gasteiger partial charge is 0.152 e. The lowest BCUT2D eigenvalue weighted by Crippen LogP contribution is -1.89. The molecule has 0 spiro atoms. The van der Waals surface area contributed by atoms with Crippen molar-refractivity contribution in [2.75, 3.05) is 0 Å². The van der Waals surface area contributed by atoms with Crippen molar-refractivity contribution in [3.05, 3.63) is 34.6 Å². The maximum atomic E-state index is 10.6. The maximum Gasteiger partial charge on any atom is 0.152 e. The highest BCUT2D eigenvalue weighted by molar-refractivity contribution is 9.10. The molecule has 0 fully saturated rings. The van der Waals surface area contributed by atoms with Crippen molar-refractivity contribution < 1.29 is 4.79 Å². The predicted octanol–water partition coefficient (Wildman–Crippen LogP) is 2.20. The van der Waals surface area contributed by atoms with Gasteiger partial charge in [0.25, 0.3) is 0 Å². The molecule has 0 radical (unpaired) electrons. The van der Waals surface area contributed by atoms with Gasteiger partial charge in [-0.25, -0.2) is 0 Å². The minimum absolute atomic E-state index is 0.561. The fourth-order valence-corrected chi connectivity index (χ4v) is 1.56. The zero-order valence-electron chi connectivity index (χ0n) is 6.57. The highest BCUT2D eigenvalue weighted by atomic mass is 79.9. The molecule has 0 unspecified atom stereocenters. The Morgan fingerprint density at radius 3 is 2.54 bits per heavy atom. The van der Waals surface area contributed by atoms with Gasteiger partial charge in [-0.1, -0.05) is 0 Å². The molecule has 0 bridgehead atoms. The summed E-state index contributed by atoms with van der Waals surface area (Å²) in [6.45, 7) is 0. The van der Waals surface area contributed by atoms with E-state index in [1.807, 2.05) is 0 Å². The lowest BCUT2D eigenvalue weighted by atomic mass is 10.2. The van der Waals surface area contributed by atoms with Gasteiger partial charge in [0.15, 0.2) is 6.29 Å². The molecular formula is C9H5BrN2O. The molecule has 1 aromatic carbocycles. The average Bonchev–Trinajstić information content (AvgIpc) is 2.19. The second-order valence-electron chi connectivity index (χ2n) is 2.51. The van der Waals surface area contributed by atoms with Gasteiger partial charge in [0.05, 0.1) is 0 Å². The van der Waals surface area contributed by atoms with Gasteiger partial charge in [-0.2, -0.15) is 0 Å². The van der Waals surface area contributed by atoms with Crippen molar-refractivity contribution in [3.8, 4) is 0 Å². The lowest BCUT2D eigenvalue weighted by molar-refractivity contribution is 0.112. The van der Waals surface area contributed by atoms with E-state index in [2.05, 4.69) is 25.9 Å². The molecule has 0 amide bonds. The third-order valence-corrected chi connectivity index (χ3v) is 2.37. The average molecular weight is 237 g/mol. The van der Waals surface area contributed by atoms with Gasteiger partial charge in [-0.3, -0.25) is 14.8 Å². The molecule has 0 atom stereocenters. The first kappa shape index (κ1) is 8.31. The number of carbonyl (C=O) groups is 1. The standard InChI is InChI=1S/C9H5BrN2O/c10-7-2-1-6(5-13)8-9(7)12-4-3-11-8/h1-5H. The minimum Gasteiger partial charge on any atom is -0.298 e. The summed E-state index contributed by atoms with van der Waals surface area (Å²) in [5.41, 5.74) is 1.91. The molecule has 0 N–H and O–H groups in total. The van der Waals surface area contributed by atoms with Crippen LogP contribution in [-0.2, 0) is 0 Å². The number of halogens is 1. The van der Waals surface area contributed by atoms with Gasteiger partial charge in [0.1, 0.15) is 11.0 Å². The number of hydrogen-bond donors (Lipinski definition) is 0. The van der Waals surface area contributed by atoms with Gasteiger partial charge in [-0.15, -0.1) is 0 Å². The zero-order chi connectivity index (χ0) is 9.26. The van der Waals surface area contributed by atoms with E-state index in [-0.39, 0.29) is 0 Å². The number of fused-ring (bicyclic) bond motifs is 1. The van der Waals surface area contributed by atoms with Crippen molar-refractivity contribution in [3.63, 3.8) is 0 Å². The number of nitrogens with zero attached hydrogens (tertiary/aromatic N) is 2. The van der Waals surface area contributed by atoms with Crippen LogP contribution < -0.4 is 0 Å². The summed E-state index contributed by atoms with van der Waals surface area (Å²) in [5.74, 6) is 0. The molecule has 2 rings (SSSR count). The summed E-state index contributed by atoms with van der Waals surface area (Å²) in [6, 6.07) is 3.51. The maximum absolute atomic E-state index is 10.6. The SMILES string of the molecule is O=Cc1ccc(Br)c2nccnc12. The monoisotopic (exact) mass is 236 g/mol. The summed E-state index contributed by atoms with van der Waals surface area (Å²) < 4.78 is 0.848. The molecular weight excluding hydrogens is 232 g/mol. The third kappa shape index (κ3) is 1.33. The Morgan fingerprint density at radius 1 is 1.15 bits per heavy atom. The molecule has 0 aliphatic carbocycles. The van der Waals surface area contributed by atoms with E-state index in [9.17, 15) is 4.79 Å². The van der Waals surface area contributed by atoms with Gasteiger partial charge < -0.3 is 0 Å². The van der Waals surface area contributed by atoms with E-state index in [4.69, 9.17) is 0 Å². The Balaban J connectivity index is 2.92. The summed E-state index contributed by atoms with van der Waals surface area (Å²) in [4.78, 5) is 18.9. The van der Waals surface area contributed by atoms with Gasteiger partial charge in [-0.05, 0) is 28.1 Å². The Hall–Kier alpha value is -1.29. The van der Waals surface area contributed by atoms with Crippen LogP contribution in [0, 0.1) is 0 Å². The van der Waals surface area contributed by atoms with Crippen LogP contribution in [0.4, 0.5) is 0 Å². The summed E-state index contributed by atoms with van der Waals surface area (Å²) in [6.07, 6.45) is 3.95. The van der Waals surface area contributed by atoms with E-state index < -0.39 is 0 Å². The van der Waals surface area contributed by atoms with Crippen LogP contribution in [0.25, 0.3) is 11.0 Å². The van der Waals surface area contributed by atoms with Gasteiger partial charge in [0, 0.05) is 22.4 Å². The minimum atomic E-state index is 0.561.